The van der Waals surface area contributed by atoms with Crippen molar-refractivity contribution in [3.05, 3.63) is 35.9 Å². The molecule has 5 unspecified atom stereocenters. The van der Waals surface area contributed by atoms with Gasteiger partial charge in [-0.1, -0.05) is 30.3 Å². The summed E-state index contributed by atoms with van der Waals surface area (Å²) in [5.41, 5.74) is 11.5. The molecule has 0 aromatic heterocycles. The molecule has 5 atom stereocenters. The van der Waals surface area contributed by atoms with Crippen molar-refractivity contribution in [2.45, 2.75) is 62.9 Å². The summed E-state index contributed by atoms with van der Waals surface area (Å²) < 4.78 is 0. The van der Waals surface area contributed by atoms with Crippen LogP contribution in [0.5, 0.6) is 0 Å². The second-order valence-electron chi connectivity index (χ2n) is 8.28. The van der Waals surface area contributed by atoms with E-state index in [1.165, 1.54) is 11.8 Å². The van der Waals surface area contributed by atoms with E-state index in [9.17, 15) is 34.2 Å². The molecule has 1 saturated heterocycles. The number of likely N-dealkylation sites (tertiary alicyclic amines) is 1. The predicted molar refractivity (Wildman–Crippen MR) is 120 cm³/mol. The minimum atomic E-state index is -1.39. The van der Waals surface area contributed by atoms with Gasteiger partial charge in [0.1, 0.15) is 24.2 Å². The Kier molecular flexibility index (Phi) is 9.51. The number of nitrogens with one attached hydrogen (secondary N) is 2. The number of benzene rings is 1. The van der Waals surface area contributed by atoms with Gasteiger partial charge in [0.05, 0.1) is 12.5 Å². The summed E-state index contributed by atoms with van der Waals surface area (Å²) in [5, 5.41) is 23.9. The van der Waals surface area contributed by atoms with E-state index in [1.54, 1.807) is 30.3 Å². The van der Waals surface area contributed by atoms with Gasteiger partial charge in [0.2, 0.25) is 23.6 Å². The van der Waals surface area contributed by atoms with Gasteiger partial charge in [-0.2, -0.15) is 0 Å². The van der Waals surface area contributed by atoms with Crippen molar-refractivity contribution in [2.24, 2.45) is 11.5 Å². The molecule has 1 aromatic rings. The SMILES string of the molecule is CC(O)C(N)C(=O)NC(CC(N)=O)C(=O)N1CCCC1C(=O)NC(Cc1ccccc1)C(=O)O. The lowest BCUT2D eigenvalue weighted by molar-refractivity contribution is -0.145. The molecule has 4 amide bonds. The van der Waals surface area contributed by atoms with Crippen molar-refractivity contribution < 1.29 is 34.2 Å². The van der Waals surface area contributed by atoms with E-state index < -0.39 is 66.3 Å². The number of hydrogen-bond donors (Lipinski definition) is 6. The van der Waals surface area contributed by atoms with E-state index >= 15 is 0 Å². The normalized spacial score (nSPS) is 18.9. The van der Waals surface area contributed by atoms with Gasteiger partial charge in [-0.25, -0.2) is 4.79 Å². The first-order chi connectivity index (χ1) is 16.0. The third-order valence-electron chi connectivity index (χ3n) is 5.58. The molecule has 0 saturated carbocycles. The lowest BCUT2D eigenvalue weighted by atomic mass is 10.0. The van der Waals surface area contributed by atoms with Crippen LogP contribution in [0.1, 0.15) is 31.7 Å². The summed E-state index contributed by atoms with van der Waals surface area (Å²) in [7, 11) is 0. The molecule has 12 heteroatoms. The lowest BCUT2D eigenvalue weighted by Crippen LogP contribution is -2.58. The minimum Gasteiger partial charge on any atom is -0.480 e. The number of rotatable bonds is 11. The van der Waals surface area contributed by atoms with E-state index in [4.69, 9.17) is 11.5 Å². The van der Waals surface area contributed by atoms with Crippen molar-refractivity contribution >= 4 is 29.6 Å². The third-order valence-corrected chi connectivity index (χ3v) is 5.58. The first kappa shape index (κ1) is 26.7. The maximum atomic E-state index is 13.1. The maximum Gasteiger partial charge on any atom is 0.326 e. The average molecular weight is 478 g/mol. The largest absolute Gasteiger partial charge is 0.480 e. The van der Waals surface area contributed by atoms with Crippen LogP contribution < -0.4 is 22.1 Å². The van der Waals surface area contributed by atoms with E-state index in [0.29, 0.717) is 12.0 Å². The van der Waals surface area contributed by atoms with Crippen molar-refractivity contribution in [3.63, 3.8) is 0 Å². The molecule has 8 N–H and O–H groups in total. The number of carboxylic acids is 1. The van der Waals surface area contributed by atoms with Gasteiger partial charge in [0.15, 0.2) is 0 Å². The highest BCUT2D eigenvalue weighted by Gasteiger charge is 2.39. The second kappa shape index (κ2) is 12.1. The Bertz CT molecular complexity index is 908. The zero-order chi connectivity index (χ0) is 25.4. The first-order valence-electron chi connectivity index (χ1n) is 10.9. The molecule has 1 heterocycles. The summed E-state index contributed by atoms with van der Waals surface area (Å²) in [5.74, 6) is -4.32. The molecule has 12 nitrogen and oxygen atoms in total. The van der Waals surface area contributed by atoms with Crippen molar-refractivity contribution in [1.29, 1.82) is 0 Å². The topological polar surface area (TPSA) is 205 Å². The first-order valence-corrected chi connectivity index (χ1v) is 10.9. The molecular weight excluding hydrogens is 446 g/mol. The molecule has 34 heavy (non-hydrogen) atoms. The molecule has 1 fully saturated rings. The zero-order valence-electron chi connectivity index (χ0n) is 18.8. The molecule has 0 bridgehead atoms. The highest BCUT2D eigenvalue weighted by Crippen LogP contribution is 2.20. The van der Waals surface area contributed by atoms with Crippen LogP contribution in [-0.2, 0) is 30.4 Å². The highest BCUT2D eigenvalue weighted by atomic mass is 16.4. The fraction of sp³-hybridized carbons (Fsp3) is 0.500. The molecular formula is C22H31N5O7. The molecule has 0 radical (unpaired) electrons. The number of aliphatic carboxylic acids is 1. The highest BCUT2D eigenvalue weighted by molar-refractivity contribution is 5.96. The molecule has 186 valence electrons. The fourth-order valence-corrected chi connectivity index (χ4v) is 3.71. The van der Waals surface area contributed by atoms with Gasteiger partial charge in [-0.05, 0) is 25.3 Å². The molecule has 2 rings (SSSR count). The number of nitrogens with zero attached hydrogens (tertiary/aromatic N) is 1. The zero-order valence-corrected chi connectivity index (χ0v) is 18.8. The van der Waals surface area contributed by atoms with Gasteiger partial charge in [-0.15, -0.1) is 0 Å². The standard InChI is InChI=1S/C22H31N5O7/c1-12(28)18(24)20(31)25-14(11-17(23)29)21(32)27-9-5-8-16(27)19(30)26-15(22(33)34)10-13-6-3-2-4-7-13/h2-4,6-7,12,14-16,18,28H,5,8-11,24H2,1H3,(H2,23,29)(H,25,31)(H,26,30)(H,33,34). The van der Waals surface area contributed by atoms with Gasteiger partial charge in [0, 0.05) is 13.0 Å². The monoisotopic (exact) mass is 477 g/mol. The summed E-state index contributed by atoms with van der Waals surface area (Å²) in [6.07, 6.45) is -0.940. The summed E-state index contributed by atoms with van der Waals surface area (Å²) >= 11 is 0. The van der Waals surface area contributed by atoms with Crippen LogP contribution in [0, 0.1) is 0 Å². The number of aliphatic hydroxyl groups is 1. The molecule has 1 aliphatic heterocycles. The van der Waals surface area contributed by atoms with Crippen molar-refractivity contribution in [2.75, 3.05) is 6.54 Å². The number of carboxylic acid groups (broad SMARTS) is 1. The lowest BCUT2D eigenvalue weighted by Gasteiger charge is -2.29. The van der Waals surface area contributed by atoms with E-state index in [1.807, 2.05) is 0 Å². The van der Waals surface area contributed by atoms with Gasteiger partial charge in [-0.3, -0.25) is 19.2 Å². The van der Waals surface area contributed by atoms with Crippen molar-refractivity contribution in [3.8, 4) is 0 Å². The van der Waals surface area contributed by atoms with Crippen LogP contribution in [0.15, 0.2) is 30.3 Å². The Labute approximate surface area is 196 Å². The Balaban J connectivity index is 2.14. The molecule has 0 aliphatic carbocycles. The summed E-state index contributed by atoms with van der Waals surface area (Å²) in [6.45, 7) is 1.46. The number of amides is 4. The minimum absolute atomic E-state index is 0.0557. The Hall–Kier alpha value is -3.51. The van der Waals surface area contributed by atoms with E-state index in [2.05, 4.69) is 10.6 Å². The van der Waals surface area contributed by atoms with E-state index in [-0.39, 0.29) is 19.4 Å². The van der Waals surface area contributed by atoms with Crippen LogP contribution in [0.4, 0.5) is 0 Å². The predicted octanol–water partition coefficient (Wildman–Crippen LogP) is -2.14. The number of carbonyl (C=O) groups is 5. The average Bonchev–Trinajstić information content (AvgIpc) is 3.27. The summed E-state index contributed by atoms with van der Waals surface area (Å²) in [4.78, 5) is 62.7. The fourth-order valence-electron chi connectivity index (χ4n) is 3.71. The van der Waals surface area contributed by atoms with Crippen LogP contribution >= 0.6 is 0 Å². The molecule has 1 aliphatic rings. The number of aliphatic hydroxyl groups excluding tert-OH is 1. The van der Waals surface area contributed by atoms with Gasteiger partial charge < -0.3 is 37.2 Å². The smallest absolute Gasteiger partial charge is 0.326 e. The number of nitrogens with two attached hydrogens (primary N) is 2. The second-order valence-corrected chi connectivity index (χ2v) is 8.28. The molecule has 1 aromatic carbocycles. The number of hydrogen-bond acceptors (Lipinski definition) is 7. The Morgan fingerprint density at radius 2 is 1.76 bits per heavy atom. The number of primary amides is 1. The molecule has 0 spiro atoms. The van der Waals surface area contributed by atoms with Gasteiger partial charge in [0.25, 0.3) is 0 Å². The Morgan fingerprint density at radius 1 is 1.12 bits per heavy atom. The van der Waals surface area contributed by atoms with Crippen LogP contribution in [0.3, 0.4) is 0 Å². The number of carbonyl (C=O) groups excluding carboxylic acids is 4. The van der Waals surface area contributed by atoms with Crippen LogP contribution in [-0.4, -0.2) is 81.5 Å². The quantitative estimate of drug-likeness (QED) is 0.207. The summed E-state index contributed by atoms with van der Waals surface area (Å²) in [6, 6.07) is 3.85. The van der Waals surface area contributed by atoms with Gasteiger partial charge >= 0.3 is 5.97 Å². The van der Waals surface area contributed by atoms with Crippen LogP contribution in [0.2, 0.25) is 0 Å². The van der Waals surface area contributed by atoms with Crippen molar-refractivity contribution in [1.82, 2.24) is 15.5 Å². The third kappa shape index (κ3) is 7.25. The van der Waals surface area contributed by atoms with E-state index in [0.717, 1.165) is 0 Å². The maximum absolute atomic E-state index is 13.1. The van der Waals surface area contributed by atoms with Crippen LogP contribution in [0.25, 0.3) is 0 Å². The Morgan fingerprint density at radius 3 is 2.32 bits per heavy atom.